The summed E-state index contributed by atoms with van der Waals surface area (Å²) in [7, 11) is -3.94. The molecule has 1 saturated heterocycles. The van der Waals surface area contributed by atoms with Gasteiger partial charge in [-0.3, -0.25) is 0 Å². The van der Waals surface area contributed by atoms with Crippen LogP contribution in [0, 0.1) is 5.82 Å². The summed E-state index contributed by atoms with van der Waals surface area (Å²) in [4.78, 5) is -0.0582. The first-order chi connectivity index (χ1) is 14.1. The maximum absolute atomic E-state index is 13.6. The van der Waals surface area contributed by atoms with Crippen molar-refractivity contribution in [3.8, 4) is 0 Å². The van der Waals surface area contributed by atoms with E-state index in [4.69, 9.17) is 0 Å². The standard InChI is InChI=1S/C19H22F4N4O2S/c1-2-13-10-17(19(21,22)23)27-18(24-13)11-15(25-27)16-4-3-9-26(16)30(28,29)14-7-5-12(20)6-8-14/h5-8,11,13,16-17,24H,2-4,9-10H2,1H3/t13-,16+,17-/m1/s1. The maximum Gasteiger partial charge on any atom is 0.410 e. The highest BCUT2D eigenvalue weighted by molar-refractivity contribution is 7.89. The molecular weight excluding hydrogens is 424 g/mol. The van der Waals surface area contributed by atoms with E-state index in [1.54, 1.807) is 0 Å². The molecule has 2 aliphatic rings. The minimum Gasteiger partial charge on any atom is -0.367 e. The molecule has 2 aromatic rings. The summed E-state index contributed by atoms with van der Waals surface area (Å²) in [6, 6.07) is 3.26. The Morgan fingerprint density at radius 3 is 2.57 bits per heavy atom. The van der Waals surface area contributed by atoms with E-state index in [1.165, 1.54) is 22.5 Å². The predicted molar refractivity (Wildman–Crippen MR) is 102 cm³/mol. The van der Waals surface area contributed by atoms with E-state index >= 15 is 0 Å². The van der Waals surface area contributed by atoms with Crippen LogP contribution in [0.5, 0.6) is 0 Å². The first-order valence-corrected chi connectivity index (χ1v) is 11.3. The van der Waals surface area contributed by atoms with Gasteiger partial charge in [0.2, 0.25) is 10.0 Å². The van der Waals surface area contributed by atoms with Gasteiger partial charge in [0.15, 0.2) is 6.04 Å². The minimum atomic E-state index is -4.46. The SMILES string of the molecule is CC[C@@H]1C[C@H](C(F)(F)F)n2nc([C@@H]3CCCN3S(=O)(=O)c3ccc(F)cc3)cc2N1. The van der Waals surface area contributed by atoms with Gasteiger partial charge in [-0.1, -0.05) is 6.92 Å². The van der Waals surface area contributed by atoms with Crippen molar-refractivity contribution < 1.29 is 26.0 Å². The Hall–Kier alpha value is -2.14. The second-order valence-corrected chi connectivity index (χ2v) is 9.56. The van der Waals surface area contributed by atoms with E-state index < -0.39 is 34.1 Å². The van der Waals surface area contributed by atoms with Crippen molar-refractivity contribution in [2.24, 2.45) is 0 Å². The predicted octanol–water partition coefficient (Wildman–Crippen LogP) is 4.25. The fourth-order valence-corrected chi connectivity index (χ4v) is 5.83. The van der Waals surface area contributed by atoms with Gasteiger partial charge in [-0.2, -0.15) is 22.6 Å². The number of rotatable bonds is 4. The van der Waals surface area contributed by atoms with Crippen molar-refractivity contribution in [1.29, 1.82) is 0 Å². The molecule has 0 amide bonds. The average Bonchev–Trinajstić information content (AvgIpc) is 3.33. The lowest BCUT2D eigenvalue weighted by Gasteiger charge is -2.32. The van der Waals surface area contributed by atoms with Gasteiger partial charge in [0, 0.05) is 18.7 Å². The van der Waals surface area contributed by atoms with Crippen LogP contribution in [0.4, 0.5) is 23.4 Å². The van der Waals surface area contributed by atoms with Crippen LogP contribution in [-0.4, -0.2) is 41.3 Å². The van der Waals surface area contributed by atoms with Crippen molar-refractivity contribution in [1.82, 2.24) is 14.1 Å². The fourth-order valence-electron chi connectivity index (χ4n) is 4.17. The topological polar surface area (TPSA) is 67.2 Å². The van der Waals surface area contributed by atoms with Crippen LogP contribution in [0.15, 0.2) is 35.2 Å². The van der Waals surface area contributed by atoms with Crippen molar-refractivity contribution in [2.45, 2.75) is 61.8 Å². The largest absolute Gasteiger partial charge is 0.410 e. The molecule has 0 unspecified atom stereocenters. The Morgan fingerprint density at radius 2 is 1.93 bits per heavy atom. The highest BCUT2D eigenvalue weighted by Crippen LogP contribution is 2.43. The lowest BCUT2D eigenvalue weighted by atomic mass is 10.0. The van der Waals surface area contributed by atoms with E-state index in [9.17, 15) is 26.0 Å². The Labute approximate surface area is 171 Å². The third-order valence-electron chi connectivity index (χ3n) is 5.75. The second kappa shape index (κ2) is 7.52. The Bertz CT molecular complexity index is 1020. The van der Waals surface area contributed by atoms with Crippen LogP contribution in [0.25, 0.3) is 0 Å². The number of nitrogens with zero attached hydrogens (tertiary/aromatic N) is 3. The third kappa shape index (κ3) is 3.68. The van der Waals surface area contributed by atoms with Crippen molar-refractivity contribution in [3.63, 3.8) is 0 Å². The number of hydrogen-bond acceptors (Lipinski definition) is 4. The van der Waals surface area contributed by atoms with E-state index in [-0.39, 0.29) is 35.4 Å². The van der Waals surface area contributed by atoms with Gasteiger partial charge in [-0.15, -0.1) is 0 Å². The molecule has 0 bridgehead atoms. The molecule has 6 nitrogen and oxygen atoms in total. The molecule has 164 valence electrons. The van der Waals surface area contributed by atoms with Gasteiger partial charge >= 0.3 is 6.18 Å². The van der Waals surface area contributed by atoms with E-state index in [0.29, 0.717) is 19.3 Å². The number of sulfonamides is 1. The third-order valence-corrected chi connectivity index (χ3v) is 7.67. The van der Waals surface area contributed by atoms with Gasteiger partial charge < -0.3 is 5.32 Å². The van der Waals surface area contributed by atoms with E-state index in [0.717, 1.165) is 16.8 Å². The summed E-state index contributed by atoms with van der Waals surface area (Å²) in [5.41, 5.74) is 0.284. The molecule has 1 N–H and O–H groups in total. The van der Waals surface area contributed by atoms with E-state index in [2.05, 4.69) is 10.4 Å². The molecule has 11 heteroatoms. The highest BCUT2D eigenvalue weighted by Gasteiger charge is 2.47. The number of fused-ring (bicyclic) bond motifs is 1. The fraction of sp³-hybridized carbons (Fsp3) is 0.526. The van der Waals surface area contributed by atoms with Gasteiger partial charge in [0.05, 0.1) is 16.6 Å². The van der Waals surface area contributed by atoms with Gasteiger partial charge in [-0.05, 0) is 49.9 Å². The molecule has 30 heavy (non-hydrogen) atoms. The van der Waals surface area contributed by atoms with Gasteiger partial charge in [-0.25, -0.2) is 17.5 Å². The van der Waals surface area contributed by atoms with Crippen molar-refractivity contribution in [2.75, 3.05) is 11.9 Å². The number of hydrogen-bond donors (Lipinski definition) is 1. The summed E-state index contributed by atoms with van der Waals surface area (Å²) in [6.07, 6.45) is -3.05. The van der Waals surface area contributed by atoms with Crippen LogP contribution < -0.4 is 5.32 Å². The minimum absolute atomic E-state index is 0.0582. The van der Waals surface area contributed by atoms with Gasteiger partial charge in [0.25, 0.3) is 0 Å². The second-order valence-electron chi connectivity index (χ2n) is 7.67. The first-order valence-electron chi connectivity index (χ1n) is 9.81. The molecular formula is C19H22F4N4O2S. The molecule has 1 aromatic carbocycles. The lowest BCUT2D eigenvalue weighted by molar-refractivity contribution is -0.173. The molecule has 3 heterocycles. The normalized spacial score (nSPS) is 25.2. The summed E-state index contributed by atoms with van der Waals surface area (Å²) >= 11 is 0. The van der Waals surface area contributed by atoms with Crippen molar-refractivity contribution in [3.05, 3.63) is 41.8 Å². The van der Waals surface area contributed by atoms with Crippen LogP contribution in [0.1, 0.15) is 50.4 Å². The van der Waals surface area contributed by atoms with Gasteiger partial charge in [0.1, 0.15) is 11.6 Å². The number of alkyl halides is 3. The summed E-state index contributed by atoms with van der Waals surface area (Å²) < 4.78 is 82.3. The molecule has 2 aliphatic heterocycles. The molecule has 4 rings (SSSR count). The zero-order valence-corrected chi connectivity index (χ0v) is 17.0. The summed E-state index contributed by atoms with van der Waals surface area (Å²) in [6.45, 7) is 2.03. The maximum atomic E-state index is 13.6. The molecule has 3 atom stereocenters. The Kier molecular flexibility index (Phi) is 5.29. The number of benzene rings is 1. The Morgan fingerprint density at radius 1 is 1.23 bits per heavy atom. The highest BCUT2D eigenvalue weighted by atomic mass is 32.2. The van der Waals surface area contributed by atoms with Crippen LogP contribution in [0.2, 0.25) is 0 Å². The molecule has 1 fully saturated rings. The quantitative estimate of drug-likeness (QED) is 0.714. The Balaban J connectivity index is 1.69. The molecule has 0 aliphatic carbocycles. The van der Waals surface area contributed by atoms with Crippen LogP contribution in [-0.2, 0) is 10.0 Å². The molecule has 0 spiro atoms. The van der Waals surface area contributed by atoms with Crippen molar-refractivity contribution >= 4 is 15.8 Å². The monoisotopic (exact) mass is 446 g/mol. The number of aromatic nitrogens is 2. The summed E-state index contributed by atoms with van der Waals surface area (Å²) in [5, 5.41) is 7.26. The zero-order valence-electron chi connectivity index (χ0n) is 16.2. The number of nitrogens with one attached hydrogen (secondary N) is 1. The molecule has 0 saturated carbocycles. The summed E-state index contributed by atoms with van der Waals surface area (Å²) in [5.74, 6) is -0.306. The van der Waals surface area contributed by atoms with Crippen LogP contribution >= 0.6 is 0 Å². The number of halogens is 4. The zero-order chi connectivity index (χ0) is 21.7. The van der Waals surface area contributed by atoms with Crippen LogP contribution in [0.3, 0.4) is 0 Å². The molecule has 1 aromatic heterocycles. The molecule has 0 radical (unpaired) electrons. The number of anilines is 1. The average molecular weight is 446 g/mol. The smallest absolute Gasteiger partial charge is 0.367 e. The van der Waals surface area contributed by atoms with E-state index in [1.807, 2.05) is 6.92 Å². The first kappa shape index (κ1) is 21.1. The lowest BCUT2D eigenvalue weighted by Crippen LogP contribution is -2.39.